The van der Waals surface area contributed by atoms with Gasteiger partial charge in [0.1, 0.15) is 5.69 Å². The third kappa shape index (κ3) is 2.13. The SMILES string of the molecule is CN1CCc2nn3c(c2C1)C(F)(F)CCC(F)(CO)C3. The molecule has 2 aliphatic heterocycles. The van der Waals surface area contributed by atoms with E-state index < -0.39 is 24.6 Å². The summed E-state index contributed by atoms with van der Waals surface area (Å²) in [5, 5.41) is 13.3. The zero-order valence-corrected chi connectivity index (χ0v) is 11.4. The van der Waals surface area contributed by atoms with Crippen LogP contribution in [0, 0.1) is 0 Å². The van der Waals surface area contributed by atoms with Gasteiger partial charge in [-0.1, -0.05) is 0 Å². The lowest BCUT2D eigenvalue weighted by molar-refractivity contribution is -0.0324. The molecule has 4 nitrogen and oxygen atoms in total. The van der Waals surface area contributed by atoms with Crippen LogP contribution in [0.2, 0.25) is 0 Å². The van der Waals surface area contributed by atoms with Gasteiger partial charge in [0.05, 0.1) is 18.8 Å². The lowest BCUT2D eigenvalue weighted by atomic mass is 9.97. The van der Waals surface area contributed by atoms with Gasteiger partial charge in [0.2, 0.25) is 0 Å². The molecule has 3 rings (SSSR count). The molecule has 0 bridgehead atoms. The summed E-state index contributed by atoms with van der Waals surface area (Å²) in [5.74, 6) is -3.10. The highest BCUT2D eigenvalue weighted by Crippen LogP contribution is 2.43. The number of fused-ring (bicyclic) bond motifs is 3. The molecule has 20 heavy (non-hydrogen) atoms. The molecule has 0 saturated carbocycles. The van der Waals surface area contributed by atoms with E-state index in [4.69, 9.17) is 5.11 Å². The summed E-state index contributed by atoms with van der Waals surface area (Å²) >= 11 is 0. The van der Waals surface area contributed by atoms with E-state index in [1.54, 1.807) is 0 Å². The number of nitrogens with zero attached hydrogens (tertiary/aromatic N) is 3. The molecule has 0 spiro atoms. The topological polar surface area (TPSA) is 41.3 Å². The molecule has 1 atom stereocenters. The molecule has 0 aromatic carbocycles. The second-order valence-electron chi connectivity index (χ2n) is 5.93. The van der Waals surface area contributed by atoms with E-state index in [0.29, 0.717) is 24.2 Å². The lowest BCUT2D eigenvalue weighted by Crippen LogP contribution is -2.33. The van der Waals surface area contributed by atoms with Gasteiger partial charge < -0.3 is 10.0 Å². The van der Waals surface area contributed by atoms with E-state index in [2.05, 4.69) is 5.10 Å². The molecular formula is C13H18F3N3O. The number of aromatic nitrogens is 2. The smallest absolute Gasteiger partial charge is 0.289 e. The molecule has 0 amide bonds. The molecule has 0 aliphatic carbocycles. The Morgan fingerprint density at radius 1 is 1.30 bits per heavy atom. The number of aliphatic hydroxyl groups excluding tert-OH is 1. The summed E-state index contributed by atoms with van der Waals surface area (Å²) in [6.45, 7) is 0.118. The van der Waals surface area contributed by atoms with Crippen molar-refractivity contribution < 1.29 is 18.3 Å². The molecule has 1 aromatic heterocycles. The summed E-state index contributed by atoms with van der Waals surface area (Å²) in [6.07, 6.45) is -0.350. The van der Waals surface area contributed by atoms with Crippen molar-refractivity contribution in [3.8, 4) is 0 Å². The van der Waals surface area contributed by atoms with Gasteiger partial charge in [-0.15, -0.1) is 0 Å². The van der Waals surface area contributed by atoms with Crippen LogP contribution in [0.3, 0.4) is 0 Å². The van der Waals surface area contributed by atoms with Crippen molar-refractivity contribution in [3.63, 3.8) is 0 Å². The van der Waals surface area contributed by atoms with Crippen LogP contribution in [0.1, 0.15) is 29.8 Å². The zero-order valence-electron chi connectivity index (χ0n) is 11.4. The first-order valence-corrected chi connectivity index (χ1v) is 6.80. The minimum atomic E-state index is -3.10. The normalized spacial score (nSPS) is 29.6. The highest BCUT2D eigenvalue weighted by atomic mass is 19.3. The van der Waals surface area contributed by atoms with Gasteiger partial charge in [0.15, 0.2) is 5.67 Å². The molecule has 7 heteroatoms. The van der Waals surface area contributed by atoms with Crippen LogP contribution in [-0.4, -0.2) is 45.7 Å². The first kappa shape index (κ1) is 13.9. The minimum absolute atomic E-state index is 0.160. The second kappa shape index (κ2) is 4.46. The molecule has 112 valence electrons. The third-order valence-electron chi connectivity index (χ3n) is 4.24. The molecule has 1 aromatic rings. The second-order valence-corrected chi connectivity index (χ2v) is 5.93. The monoisotopic (exact) mass is 289 g/mol. The maximum absolute atomic E-state index is 14.4. The third-order valence-corrected chi connectivity index (χ3v) is 4.24. The molecule has 2 aliphatic rings. The van der Waals surface area contributed by atoms with Crippen molar-refractivity contribution in [2.45, 2.75) is 43.9 Å². The lowest BCUT2D eigenvalue weighted by Gasteiger charge is -2.24. The Hall–Kier alpha value is -1.08. The predicted molar refractivity (Wildman–Crippen MR) is 66.3 cm³/mol. The standard InChI is InChI=1S/C13H18F3N3O/c1-18-5-2-10-9(6-18)11-13(15,16)4-3-12(14,8-20)7-19(11)17-10/h20H,2-8H2,1H3. The van der Waals surface area contributed by atoms with E-state index in [1.165, 1.54) is 0 Å². The van der Waals surface area contributed by atoms with Gasteiger partial charge in [0, 0.05) is 31.5 Å². The predicted octanol–water partition coefficient (Wildman–Crippen LogP) is 1.46. The molecule has 0 saturated heterocycles. The number of aliphatic hydroxyl groups is 1. The van der Waals surface area contributed by atoms with Crippen LogP contribution in [-0.2, 0) is 25.4 Å². The van der Waals surface area contributed by atoms with Crippen molar-refractivity contribution >= 4 is 0 Å². The van der Waals surface area contributed by atoms with Crippen LogP contribution >= 0.6 is 0 Å². The molecular weight excluding hydrogens is 271 g/mol. The number of hydrogen-bond acceptors (Lipinski definition) is 3. The maximum atomic E-state index is 14.4. The zero-order chi connectivity index (χ0) is 14.5. The number of likely N-dealkylation sites (N-methyl/N-ethyl adjacent to an activating group) is 1. The van der Waals surface area contributed by atoms with Crippen molar-refractivity contribution in [1.29, 1.82) is 0 Å². The number of alkyl halides is 3. The van der Waals surface area contributed by atoms with Crippen LogP contribution < -0.4 is 0 Å². The number of rotatable bonds is 1. The fourth-order valence-electron chi connectivity index (χ4n) is 3.06. The van der Waals surface area contributed by atoms with E-state index in [9.17, 15) is 13.2 Å². The largest absolute Gasteiger partial charge is 0.393 e. The van der Waals surface area contributed by atoms with E-state index in [1.807, 2.05) is 11.9 Å². The van der Waals surface area contributed by atoms with E-state index >= 15 is 0 Å². The molecule has 0 radical (unpaired) electrons. The molecule has 1 N–H and O–H groups in total. The first-order valence-electron chi connectivity index (χ1n) is 6.80. The summed E-state index contributed by atoms with van der Waals surface area (Å²) in [4.78, 5) is 1.96. The summed E-state index contributed by atoms with van der Waals surface area (Å²) < 4.78 is 44.2. The fraction of sp³-hybridized carbons (Fsp3) is 0.769. The molecule has 1 unspecified atom stereocenters. The minimum Gasteiger partial charge on any atom is -0.393 e. The van der Waals surface area contributed by atoms with E-state index in [0.717, 1.165) is 11.2 Å². The Labute approximate surface area is 115 Å². The fourth-order valence-corrected chi connectivity index (χ4v) is 3.06. The first-order chi connectivity index (χ1) is 9.35. The van der Waals surface area contributed by atoms with Gasteiger partial charge in [0.25, 0.3) is 5.92 Å². The Bertz CT molecular complexity index is 531. The quantitative estimate of drug-likeness (QED) is 0.851. The van der Waals surface area contributed by atoms with Crippen molar-refractivity contribution in [2.75, 3.05) is 20.2 Å². The van der Waals surface area contributed by atoms with Crippen LogP contribution in [0.25, 0.3) is 0 Å². The molecule has 0 fully saturated rings. The average molecular weight is 289 g/mol. The molecule has 3 heterocycles. The van der Waals surface area contributed by atoms with Gasteiger partial charge in [-0.3, -0.25) is 4.68 Å². The van der Waals surface area contributed by atoms with Crippen LogP contribution in [0.5, 0.6) is 0 Å². The Kier molecular flexibility index (Phi) is 3.10. The van der Waals surface area contributed by atoms with Gasteiger partial charge in [-0.25, -0.2) is 4.39 Å². The van der Waals surface area contributed by atoms with Gasteiger partial charge in [-0.05, 0) is 13.5 Å². The Morgan fingerprint density at radius 2 is 2.05 bits per heavy atom. The Balaban J connectivity index is 2.10. The van der Waals surface area contributed by atoms with Crippen molar-refractivity contribution in [3.05, 3.63) is 17.0 Å². The number of hydrogen-bond donors (Lipinski definition) is 1. The van der Waals surface area contributed by atoms with Crippen molar-refractivity contribution in [1.82, 2.24) is 14.7 Å². The van der Waals surface area contributed by atoms with Gasteiger partial charge in [-0.2, -0.15) is 13.9 Å². The highest BCUT2D eigenvalue weighted by Gasteiger charge is 2.47. The summed E-state index contributed by atoms with van der Waals surface area (Å²) in [6, 6.07) is 0. The summed E-state index contributed by atoms with van der Waals surface area (Å²) in [5.41, 5.74) is -1.01. The van der Waals surface area contributed by atoms with Crippen LogP contribution in [0.15, 0.2) is 0 Å². The van der Waals surface area contributed by atoms with Crippen LogP contribution in [0.4, 0.5) is 13.2 Å². The Morgan fingerprint density at radius 3 is 2.75 bits per heavy atom. The highest BCUT2D eigenvalue weighted by molar-refractivity contribution is 5.32. The number of halogens is 3. The van der Waals surface area contributed by atoms with E-state index in [-0.39, 0.29) is 18.7 Å². The maximum Gasteiger partial charge on any atom is 0.289 e. The van der Waals surface area contributed by atoms with Crippen molar-refractivity contribution in [2.24, 2.45) is 0 Å². The van der Waals surface area contributed by atoms with Gasteiger partial charge >= 0.3 is 0 Å². The average Bonchev–Trinajstić information content (AvgIpc) is 2.69. The summed E-state index contributed by atoms with van der Waals surface area (Å²) in [7, 11) is 1.87.